The molecule has 0 aliphatic carbocycles. The van der Waals surface area contributed by atoms with Crippen molar-refractivity contribution in [2.45, 2.75) is 0 Å². The average molecular weight is 109 g/mol. The largest absolute Gasteiger partial charge is 0.441 e. The predicted octanol–water partition coefficient (Wildman–Crippen LogP) is -0.218. The Morgan fingerprint density at radius 2 is 2.50 bits per heavy atom. The summed E-state index contributed by atoms with van der Waals surface area (Å²) in [5.41, 5.74) is 0. The molecular weight excluding hydrogens is 104 g/mol. The third kappa shape index (κ3) is 0.703. The Balaban J connectivity index is 2.89. The van der Waals surface area contributed by atoms with Gasteiger partial charge in [0.1, 0.15) is 0 Å². The van der Waals surface area contributed by atoms with E-state index >= 15 is 0 Å². The van der Waals surface area contributed by atoms with Crippen molar-refractivity contribution in [1.82, 2.24) is 0 Å². The van der Waals surface area contributed by atoms with Crippen molar-refractivity contribution < 1.29 is 9.48 Å². The fourth-order valence-corrected chi connectivity index (χ4v) is 0.387. The molecule has 0 unspecified atom stereocenters. The van der Waals surface area contributed by atoms with Gasteiger partial charge in [-0.25, -0.2) is 4.79 Å². The van der Waals surface area contributed by atoms with Crippen molar-refractivity contribution >= 4 is 18.8 Å². The molecule has 0 saturated heterocycles. The molecule has 0 aromatic heterocycles. The highest BCUT2D eigenvalue weighted by atomic mass is 16.2. The summed E-state index contributed by atoms with van der Waals surface area (Å²) < 4.78 is 1.03. The van der Waals surface area contributed by atoms with Crippen LogP contribution in [-0.4, -0.2) is 23.5 Å². The summed E-state index contributed by atoms with van der Waals surface area (Å²) >= 11 is 0. The van der Waals surface area contributed by atoms with E-state index in [1.165, 1.54) is 12.3 Å². The first-order valence-electron chi connectivity index (χ1n) is 2.16. The van der Waals surface area contributed by atoms with Gasteiger partial charge in [0.05, 0.1) is 12.3 Å². The third-order valence-electron chi connectivity index (χ3n) is 0.785. The molecule has 3 heteroatoms. The van der Waals surface area contributed by atoms with Gasteiger partial charge in [0.2, 0.25) is 0 Å². The summed E-state index contributed by atoms with van der Waals surface area (Å²) in [6, 6.07) is 0. The first kappa shape index (κ1) is 4.90. The van der Waals surface area contributed by atoms with Crippen molar-refractivity contribution in [2.24, 2.45) is 5.10 Å². The molecule has 1 aliphatic heterocycles. The van der Waals surface area contributed by atoms with Crippen LogP contribution in [0.5, 0.6) is 0 Å². The molecule has 1 rings (SSSR count). The van der Waals surface area contributed by atoms with Crippen LogP contribution in [0, 0.1) is 0 Å². The molecule has 0 radical (unpaired) electrons. The lowest BCUT2D eigenvalue weighted by Gasteiger charge is -1.85. The van der Waals surface area contributed by atoms with Gasteiger partial charge in [0.15, 0.2) is 6.72 Å². The first-order chi connectivity index (χ1) is 3.80. The first-order valence-corrected chi connectivity index (χ1v) is 2.16. The average Bonchev–Trinajstić information content (AvgIpc) is 1.77. The smallest absolute Gasteiger partial charge is 0.212 e. The summed E-state index contributed by atoms with van der Waals surface area (Å²) in [6.07, 6.45) is 4.48. The van der Waals surface area contributed by atoms with Crippen molar-refractivity contribution in [3.05, 3.63) is 12.2 Å². The second-order valence-electron chi connectivity index (χ2n) is 1.36. The van der Waals surface area contributed by atoms with Crippen LogP contribution < -0.4 is 0 Å². The zero-order chi connectivity index (χ0) is 5.98. The molecule has 3 nitrogen and oxygen atoms in total. The molecule has 0 bridgehead atoms. The molecule has 1 aliphatic rings. The van der Waals surface area contributed by atoms with E-state index in [2.05, 4.69) is 11.8 Å². The Labute approximate surface area is 46.6 Å². The minimum atomic E-state index is -0.187. The number of carbonyl (C=O) groups is 1. The van der Waals surface area contributed by atoms with Gasteiger partial charge < -0.3 is 0 Å². The van der Waals surface area contributed by atoms with E-state index in [1.807, 2.05) is 0 Å². The van der Waals surface area contributed by atoms with Crippen LogP contribution in [0.25, 0.3) is 0 Å². The minimum Gasteiger partial charge on any atom is -0.212 e. The molecule has 1 amide bonds. The summed E-state index contributed by atoms with van der Waals surface area (Å²) in [5.74, 6) is -0.187. The fourth-order valence-electron chi connectivity index (χ4n) is 0.387. The van der Waals surface area contributed by atoms with Gasteiger partial charge >= 0.3 is 5.91 Å². The number of nitrogens with zero attached hydrogens (tertiary/aromatic N) is 2. The second-order valence-corrected chi connectivity index (χ2v) is 1.36. The highest BCUT2D eigenvalue weighted by Gasteiger charge is 2.10. The Morgan fingerprint density at radius 1 is 1.75 bits per heavy atom. The van der Waals surface area contributed by atoms with Crippen LogP contribution in [0.1, 0.15) is 0 Å². The van der Waals surface area contributed by atoms with Crippen LogP contribution in [0.15, 0.2) is 17.3 Å². The molecule has 0 fully saturated rings. The number of allylic oxidation sites excluding steroid dienone is 1. The molecule has 0 N–H and O–H groups in total. The maximum Gasteiger partial charge on any atom is 0.441 e. The Hall–Kier alpha value is -1.25. The van der Waals surface area contributed by atoms with Gasteiger partial charge in [-0.05, 0) is 10.8 Å². The SMILES string of the molecule is C=[N+]1N=CC=CC1=O. The highest BCUT2D eigenvalue weighted by Crippen LogP contribution is 1.84. The quantitative estimate of drug-likeness (QED) is 0.396. The van der Waals surface area contributed by atoms with E-state index in [0.29, 0.717) is 0 Å². The number of rotatable bonds is 0. The predicted molar refractivity (Wildman–Crippen MR) is 30.0 cm³/mol. The van der Waals surface area contributed by atoms with Crippen LogP contribution in [0.2, 0.25) is 0 Å². The van der Waals surface area contributed by atoms with Gasteiger partial charge in [0, 0.05) is 5.10 Å². The summed E-state index contributed by atoms with van der Waals surface area (Å²) in [5, 5.41) is 3.57. The maximum absolute atomic E-state index is 10.5. The van der Waals surface area contributed by atoms with Crippen LogP contribution >= 0.6 is 0 Å². The van der Waals surface area contributed by atoms with Gasteiger partial charge in [-0.2, -0.15) is 0 Å². The van der Waals surface area contributed by atoms with Crippen molar-refractivity contribution in [3.63, 3.8) is 0 Å². The van der Waals surface area contributed by atoms with E-state index in [1.54, 1.807) is 6.08 Å². The highest BCUT2D eigenvalue weighted by molar-refractivity contribution is 5.89. The summed E-state index contributed by atoms with van der Waals surface area (Å²) in [4.78, 5) is 10.5. The normalized spacial score (nSPS) is 17.5. The number of amides is 1. The Kier molecular flexibility index (Phi) is 1.04. The monoisotopic (exact) mass is 109 g/mol. The van der Waals surface area contributed by atoms with Crippen LogP contribution in [0.4, 0.5) is 0 Å². The zero-order valence-corrected chi connectivity index (χ0v) is 4.24. The lowest BCUT2D eigenvalue weighted by Crippen LogP contribution is -2.12. The van der Waals surface area contributed by atoms with Crippen molar-refractivity contribution in [1.29, 1.82) is 0 Å². The van der Waals surface area contributed by atoms with Crippen molar-refractivity contribution in [2.75, 3.05) is 0 Å². The number of carbonyl (C=O) groups excluding carboxylic acids is 1. The molecule has 0 aromatic carbocycles. The minimum absolute atomic E-state index is 0.187. The lowest BCUT2D eigenvalue weighted by molar-refractivity contribution is -0.440. The zero-order valence-electron chi connectivity index (χ0n) is 4.24. The molecule has 0 saturated carbocycles. The second kappa shape index (κ2) is 1.69. The number of hydrazone groups is 1. The number of hydrogen-bond acceptors (Lipinski definition) is 2. The fraction of sp³-hybridized carbons (Fsp3) is 0. The summed E-state index contributed by atoms with van der Waals surface area (Å²) in [7, 11) is 0. The molecule has 0 spiro atoms. The topological polar surface area (TPSA) is 32.4 Å². The third-order valence-corrected chi connectivity index (χ3v) is 0.785. The standard InChI is InChI=1S/C5H5N2O/c1-7-5(8)3-2-4-6-7/h2-4H,1H2/q+1. The van der Waals surface area contributed by atoms with Gasteiger partial charge in [-0.1, -0.05) is 0 Å². The van der Waals surface area contributed by atoms with Crippen LogP contribution in [-0.2, 0) is 4.79 Å². The van der Waals surface area contributed by atoms with Crippen LogP contribution in [0.3, 0.4) is 0 Å². The maximum atomic E-state index is 10.5. The van der Waals surface area contributed by atoms with Gasteiger partial charge in [0.25, 0.3) is 0 Å². The van der Waals surface area contributed by atoms with Crippen molar-refractivity contribution in [3.8, 4) is 0 Å². The molecule has 0 aromatic rings. The van der Waals surface area contributed by atoms with Gasteiger partial charge in [-0.15, -0.1) is 0 Å². The van der Waals surface area contributed by atoms with E-state index in [4.69, 9.17) is 0 Å². The summed E-state index contributed by atoms with van der Waals surface area (Å²) in [6.45, 7) is 3.31. The number of hydrogen-bond donors (Lipinski definition) is 0. The van der Waals surface area contributed by atoms with E-state index in [0.717, 1.165) is 4.68 Å². The molecule has 0 atom stereocenters. The Morgan fingerprint density at radius 3 is 2.88 bits per heavy atom. The lowest BCUT2D eigenvalue weighted by atomic mass is 10.5. The van der Waals surface area contributed by atoms with E-state index < -0.39 is 0 Å². The van der Waals surface area contributed by atoms with Gasteiger partial charge in [-0.3, -0.25) is 0 Å². The van der Waals surface area contributed by atoms with E-state index in [-0.39, 0.29) is 5.91 Å². The molecule has 40 valence electrons. The van der Waals surface area contributed by atoms with E-state index in [9.17, 15) is 4.79 Å². The Bertz CT molecular complexity index is 169. The molecule has 8 heavy (non-hydrogen) atoms. The molecular formula is C5H5N2O+. The molecule has 1 heterocycles.